The van der Waals surface area contributed by atoms with Crippen molar-refractivity contribution in [3.05, 3.63) is 101 Å². The number of nitrogens with zero attached hydrogens (tertiary/aromatic N) is 3. The molecule has 0 spiro atoms. The van der Waals surface area contributed by atoms with Crippen molar-refractivity contribution < 1.29 is 18.0 Å². The number of benzene rings is 3. The smallest absolute Gasteiger partial charge is 0.309 e. The summed E-state index contributed by atoms with van der Waals surface area (Å²) in [6.45, 7) is 0.948. The molecule has 1 aromatic heterocycles. The fourth-order valence-electron chi connectivity index (χ4n) is 3.99. The fraction of sp³-hybridized carbons (Fsp3) is 0.179. The van der Waals surface area contributed by atoms with Gasteiger partial charge >= 0.3 is 6.18 Å². The van der Waals surface area contributed by atoms with E-state index >= 15 is 0 Å². The third-order valence-corrected chi connectivity index (χ3v) is 6.44. The van der Waals surface area contributed by atoms with Crippen LogP contribution in [0.25, 0.3) is 28.2 Å². The Hall–Kier alpha value is -3.26. The number of rotatable bonds is 7. The summed E-state index contributed by atoms with van der Waals surface area (Å²) in [7, 11) is 3.77. The lowest BCUT2D eigenvalue weighted by Gasteiger charge is -2.20. The van der Waals surface area contributed by atoms with Gasteiger partial charge in [-0.2, -0.15) is 13.2 Å². The molecule has 0 unspecified atom stereocenters. The summed E-state index contributed by atoms with van der Waals surface area (Å²) in [5.41, 5.74) is 2.07. The van der Waals surface area contributed by atoms with E-state index in [-0.39, 0.29) is 11.6 Å². The topological polar surface area (TPSA) is 28.5 Å². The number of likely N-dealkylation sites (N-methyl/N-ethyl adjacent to an activating group) is 1. The first-order valence-corrected chi connectivity index (χ1v) is 12.1. The molecule has 0 saturated carbocycles. The minimum absolute atomic E-state index is 0.00396. The van der Waals surface area contributed by atoms with Crippen molar-refractivity contribution in [3.8, 4) is 28.2 Å². The maximum absolute atomic E-state index is 14.0. The van der Waals surface area contributed by atoms with Crippen LogP contribution < -0.4 is 0 Å². The number of hydrogen-bond donors (Lipinski definition) is 0. The highest BCUT2D eigenvalue weighted by Gasteiger charge is 2.34. The van der Waals surface area contributed by atoms with Crippen LogP contribution in [0.4, 0.5) is 13.2 Å². The Morgan fingerprint density at radius 1 is 0.811 bits per heavy atom. The number of alkyl halides is 3. The number of aromatic nitrogens is 1. The summed E-state index contributed by atoms with van der Waals surface area (Å²) in [6.07, 6.45) is -4.55. The molecule has 0 saturated heterocycles. The molecule has 0 aliphatic carbocycles. The zero-order valence-electron chi connectivity index (χ0n) is 20.1. The SMILES string of the molecule is CN(C)CCN(Cl)C(=O)c1ccc(-c2ccc(-c3ccc(Cl)cc3)n2-c2ccccc2C(F)(F)F)cc1. The van der Waals surface area contributed by atoms with E-state index in [1.165, 1.54) is 12.1 Å². The van der Waals surface area contributed by atoms with Gasteiger partial charge in [0.15, 0.2) is 0 Å². The molecule has 37 heavy (non-hydrogen) atoms. The van der Waals surface area contributed by atoms with Crippen LogP contribution in [0.2, 0.25) is 5.02 Å². The first-order valence-electron chi connectivity index (χ1n) is 11.4. The predicted octanol–water partition coefficient (Wildman–Crippen LogP) is 7.64. The van der Waals surface area contributed by atoms with Gasteiger partial charge in [0, 0.05) is 28.9 Å². The summed E-state index contributed by atoms with van der Waals surface area (Å²) in [4.78, 5) is 14.6. The van der Waals surface area contributed by atoms with Crippen LogP contribution in [0.5, 0.6) is 0 Å². The highest BCUT2D eigenvalue weighted by Crippen LogP contribution is 2.39. The van der Waals surface area contributed by atoms with Gasteiger partial charge in [0.25, 0.3) is 5.91 Å². The van der Waals surface area contributed by atoms with E-state index < -0.39 is 11.7 Å². The molecule has 0 atom stereocenters. The number of carbonyl (C=O) groups is 1. The van der Waals surface area contributed by atoms with Gasteiger partial charge in [0.2, 0.25) is 0 Å². The lowest BCUT2D eigenvalue weighted by molar-refractivity contribution is -0.137. The van der Waals surface area contributed by atoms with E-state index in [0.29, 0.717) is 46.2 Å². The molecule has 1 amide bonds. The average Bonchev–Trinajstić information content (AvgIpc) is 3.32. The molecule has 4 rings (SSSR count). The largest absolute Gasteiger partial charge is 0.418 e. The molecule has 4 aromatic rings. The van der Waals surface area contributed by atoms with Gasteiger partial charge in [-0.25, -0.2) is 4.42 Å². The molecule has 0 N–H and O–H groups in total. The maximum atomic E-state index is 14.0. The van der Waals surface area contributed by atoms with E-state index in [4.69, 9.17) is 23.4 Å². The number of halogens is 5. The molecule has 0 radical (unpaired) electrons. The first kappa shape index (κ1) is 26.8. The van der Waals surface area contributed by atoms with Crippen molar-refractivity contribution in [2.45, 2.75) is 6.18 Å². The number of hydrogen-bond acceptors (Lipinski definition) is 2. The van der Waals surface area contributed by atoms with Gasteiger partial charge in [-0.3, -0.25) is 4.79 Å². The second kappa shape index (κ2) is 11.0. The van der Waals surface area contributed by atoms with Gasteiger partial charge < -0.3 is 9.47 Å². The third-order valence-electron chi connectivity index (χ3n) is 5.86. The molecule has 0 bridgehead atoms. The van der Waals surface area contributed by atoms with Gasteiger partial charge in [0.1, 0.15) is 0 Å². The average molecular weight is 546 g/mol. The van der Waals surface area contributed by atoms with Crippen molar-refractivity contribution in [2.24, 2.45) is 0 Å². The van der Waals surface area contributed by atoms with E-state index in [1.807, 2.05) is 19.0 Å². The number of para-hydroxylation sites is 1. The summed E-state index contributed by atoms with van der Waals surface area (Å²) in [6, 6.07) is 22.6. The minimum atomic E-state index is -4.55. The van der Waals surface area contributed by atoms with Crippen molar-refractivity contribution in [3.63, 3.8) is 0 Å². The zero-order chi connectivity index (χ0) is 26.7. The lowest BCUT2D eigenvalue weighted by Crippen LogP contribution is -2.29. The van der Waals surface area contributed by atoms with Crippen LogP contribution in [0.3, 0.4) is 0 Å². The molecule has 0 aliphatic rings. The maximum Gasteiger partial charge on any atom is 0.418 e. The molecule has 9 heteroatoms. The van der Waals surface area contributed by atoms with Crippen LogP contribution in [0, 0.1) is 0 Å². The van der Waals surface area contributed by atoms with Crippen molar-refractivity contribution in [1.29, 1.82) is 0 Å². The monoisotopic (exact) mass is 545 g/mol. The third kappa shape index (κ3) is 6.01. The van der Waals surface area contributed by atoms with Gasteiger partial charge in [-0.05, 0) is 73.8 Å². The highest BCUT2D eigenvalue weighted by molar-refractivity contribution is 6.30. The summed E-state index contributed by atoms with van der Waals surface area (Å²) in [5, 5.41) is 0.525. The second-order valence-electron chi connectivity index (χ2n) is 8.73. The number of carbonyl (C=O) groups excluding carboxylic acids is 1. The van der Waals surface area contributed by atoms with Crippen LogP contribution in [-0.2, 0) is 6.18 Å². The van der Waals surface area contributed by atoms with Crippen LogP contribution in [0.15, 0.2) is 84.9 Å². The molecule has 1 heterocycles. The Kier molecular flexibility index (Phi) is 7.97. The van der Waals surface area contributed by atoms with Crippen molar-refractivity contribution >= 4 is 29.3 Å². The Balaban J connectivity index is 1.80. The van der Waals surface area contributed by atoms with E-state index in [1.54, 1.807) is 71.3 Å². The Morgan fingerprint density at radius 2 is 1.35 bits per heavy atom. The van der Waals surface area contributed by atoms with Gasteiger partial charge in [-0.15, -0.1) is 0 Å². The minimum Gasteiger partial charge on any atom is -0.309 e. The summed E-state index contributed by atoms with van der Waals surface area (Å²) in [5.74, 6) is -0.352. The summed E-state index contributed by atoms with van der Waals surface area (Å²) >= 11 is 12.2. The second-order valence-corrected chi connectivity index (χ2v) is 9.58. The van der Waals surface area contributed by atoms with Crippen LogP contribution in [0.1, 0.15) is 15.9 Å². The molecule has 0 fully saturated rings. The van der Waals surface area contributed by atoms with E-state index in [0.717, 1.165) is 10.5 Å². The highest BCUT2D eigenvalue weighted by atomic mass is 35.5. The quantitative estimate of drug-likeness (QED) is 0.223. The van der Waals surface area contributed by atoms with Crippen LogP contribution >= 0.6 is 23.4 Å². The van der Waals surface area contributed by atoms with Gasteiger partial charge in [-0.1, -0.05) is 48.0 Å². The Labute approximate surface area is 223 Å². The molecule has 0 aliphatic heterocycles. The van der Waals surface area contributed by atoms with E-state index in [9.17, 15) is 18.0 Å². The standard InChI is InChI=1S/C28H24Cl2F3N3O/c1-34(2)17-18-35(30)27(37)21-9-7-19(8-10-21)24-15-16-25(20-11-13-22(29)14-12-20)36(24)26-6-4-3-5-23(26)28(31,32)33/h3-16H,17-18H2,1-2H3. The molecular formula is C28H24Cl2F3N3O. The fourth-order valence-corrected chi connectivity index (χ4v) is 4.29. The first-order chi connectivity index (χ1) is 17.6. The van der Waals surface area contributed by atoms with Crippen molar-refractivity contribution in [2.75, 3.05) is 27.2 Å². The van der Waals surface area contributed by atoms with Gasteiger partial charge in [0.05, 0.1) is 29.2 Å². The van der Waals surface area contributed by atoms with Crippen molar-refractivity contribution in [1.82, 2.24) is 13.9 Å². The van der Waals surface area contributed by atoms with E-state index in [2.05, 4.69) is 0 Å². The summed E-state index contributed by atoms with van der Waals surface area (Å²) < 4.78 is 44.7. The lowest BCUT2D eigenvalue weighted by atomic mass is 10.1. The molecule has 192 valence electrons. The number of amides is 1. The molecular weight excluding hydrogens is 522 g/mol. The zero-order valence-corrected chi connectivity index (χ0v) is 21.6. The Bertz CT molecular complexity index is 1380. The molecule has 4 nitrogen and oxygen atoms in total. The normalized spacial score (nSPS) is 11.7. The predicted molar refractivity (Wildman–Crippen MR) is 142 cm³/mol. The van der Waals surface area contributed by atoms with Crippen LogP contribution in [-0.4, -0.2) is 47.0 Å². The Morgan fingerprint density at radius 3 is 1.89 bits per heavy atom. The molecule has 3 aromatic carbocycles.